The normalized spacial score (nSPS) is 15.2. The van der Waals surface area contributed by atoms with Gasteiger partial charge in [-0.1, -0.05) is 0 Å². The van der Waals surface area contributed by atoms with Gasteiger partial charge in [-0.3, -0.25) is 10.1 Å². The highest BCUT2D eigenvalue weighted by Crippen LogP contribution is 2.38. The molecule has 1 fully saturated rings. The van der Waals surface area contributed by atoms with E-state index in [4.69, 9.17) is 0 Å². The zero-order valence-corrected chi connectivity index (χ0v) is 13.9. The summed E-state index contributed by atoms with van der Waals surface area (Å²) in [7, 11) is 0. The van der Waals surface area contributed by atoms with Crippen LogP contribution in [0.5, 0.6) is 0 Å². The molecule has 0 spiro atoms. The second kappa shape index (κ2) is 6.77. The van der Waals surface area contributed by atoms with E-state index in [0.717, 1.165) is 18.0 Å². The zero-order chi connectivity index (χ0) is 18.9. The second-order valence-electron chi connectivity index (χ2n) is 5.89. The first-order chi connectivity index (χ1) is 12.3. The van der Waals surface area contributed by atoms with Crippen molar-refractivity contribution < 1.29 is 18.1 Å². The van der Waals surface area contributed by atoms with Crippen LogP contribution in [0.1, 0.15) is 11.4 Å². The van der Waals surface area contributed by atoms with Crippen molar-refractivity contribution in [1.29, 1.82) is 0 Å². The van der Waals surface area contributed by atoms with E-state index in [-0.39, 0.29) is 0 Å². The summed E-state index contributed by atoms with van der Waals surface area (Å²) in [5.74, 6) is 1.42. The second-order valence-corrected chi connectivity index (χ2v) is 5.89. The van der Waals surface area contributed by atoms with Crippen LogP contribution in [-0.2, 0) is 6.18 Å². The van der Waals surface area contributed by atoms with E-state index in [1.54, 1.807) is 24.1 Å². The molecule has 10 heteroatoms. The van der Waals surface area contributed by atoms with Crippen LogP contribution in [0, 0.1) is 17.0 Å². The minimum absolute atomic E-state index is 0.321. The molecule has 1 aromatic heterocycles. The van der Waals surface area contributed by atoms with Gasteiger partial charge in [-0.2, -0.15) is 13.2 Å². The Balaban J connectivity index is 1.78. The van der Waals surface area contributed by atoms with Gasteiger partial charge in [0, 0.05) is 44.1 Å². The molecular weight excluding hydrogens is 351 g/mol. The molecule has 0 saturated carbocycles. The number of benzene rings is 1. The van der Waals surface area contributed by atoms with Gasteiger partial charge in [-0.05, 0) is 25.1 Å². The van der Waals surface area contributed by atoms with E-state index in [1.807, 2.05) is 4.90 Å². The van der Waals surface area contributed by atoms with Gasteiger partial charge in [-0.25, -0.2) is 9.97 Å². The fourth-order valence-electron chi connectivity index (χ4n) is 2.92. The van der Waals surface area contributed by atoms with Crippen molar-refractivity contribution in [3.05, 3.63) is 52.0 Å². The summed E-state index contributed by atoms with van der Waals surface area (Å²) in [5, 5.41) is 10.9. The highest BCUT2D eigenvalue weighted by atomic mass is 19.4. The Morgan fingerprint density at radius 1 is 1.12 bits per heavy atom. The van der Waals surface area contributed by atoms with Gasteiger partial charge in [0.05, 0.1) is 4.92 Å². The Bertz CT molecular complexity index is 820. The first kappa shape index (κ1) is 17.9. The number of nitro groups is 1. The maximum atomic E-state index is 13.1. The van der Waals surface area contributed by atoms with Crippen LogP contribution >= 0.6 is 0 Å². The quantitative estimate of drug-likeness (QED) is 0.613. The summed E-state index contributed by atoms with van der Waals surface area (Å²) in [5.41, 5.74) is -1.84. The van der Waals surface area contributed by atoms with E-state index in [0.29, 0.717) is 37.7 Å². The average Bonchev–Trinajstić information content (AvgIpc) is 2.60. The van der Waals surface area contributed by atoms with Gasteiger partial charge in [-0.15, -0.1) is 0 Å². The lowest BCUT2D eigenvalue weighted by molar-refractivity contribution is -0.388. The van der Waals surface area contributed by atoms with Gasteiger partial charge >= 0.3 is 6.18 Å². The van der Waals surface area contributed by atoms with Gasteiger partial charge in [0.15, 0.2) is 0 Å². The molecule has 0 atom stereocenters. The molecule has 7 nitrogen and oxygen atoms in total. The third-order valence-electron chi connectivity index (χ3n) is 4.21. The predicted octanol–water partition coefficient (Wildman–Crippen LogP) is 3.04. The number of nitrogens with zero attached hydrogens (tertiary/aromatic N) is 5. The highest BCUT2D eigenvalue weighted by molar-refractivity contribution is 5.57. The van der Waals surface area contributed by atoms with Gasteiger partial charge in [0.25, 0.3) is 5.69 Å². The van der Waals surface area contributed by atoms with Gasteiger partial charge in [0.1, 0.15) is 17.2 Å². The van der Waals surface area contributed by atoms with Crippen molar-refractivity contribution >= 4 is 17.2 Å². The summed E-state index contributed by atoms with van der Waals surface area (Å²) < 4.78 is 39.4. The molecule has 1 aromatic carbocycles. The molecule has 0 radical (unpaired) electrons. The molecule has 2 aromatic rings. The molecule has 3 rings (SSSR count). The monoisotopic (exact) mass is 367 g/mol. The number of aromatic nitrogens is 2. The fraction of sp³-hybridized carbons (Fsp3) is 0.375. The maximum Gasteiger partial charge on any atom is 0.423 e. The minimum atomic E-state index is -4.78. The number of aryl methyl sites for hydroxylation is 1. The third-order valence-corrected chi connectivity index (χ3v) is 4.21. The minimum Gasteiger partial charge on any atom is -0.368 e. The van der Waals surface area contributed by atoms with Crippen LogP contribution < -0.4 is 9.80 Å². The van der Waals surface area contributed by atoms with Crippen LogP contribution in [0.2, 0.25) is 0 Å². The molecule has 0 N–H and O–H groups in total. The zero-order valence-electron chi connectivity index (χ0n) is 13.9. The van der Waals surface area contributed by atoms with E-state index in [1.165, 1.54) is 6.07 Å². The molecular formula is C16H16F3N5O2. The van der Waals surface area contributed by atoms with E-state index in [2.05, 4.69) is 9.97 Å². The lowest BCUT2D eigenvalue weighted by Crippen LogP contribution is -2.47. The van der Waals surface area contributed by atoms with Crippen molar-refractivity contribution in [2.45, 2.75) is 13.1 Å². The highest BCUT2D eigenvalue weighted by Gasteiger charge is 2.39. The largest absolute Gasteiger partial charge is 0.423 e. The van der Waals surface area contributed by atoms with Crippen molar-refractivity contribution in [2.75, 3.05) is 36.0 Å². The molecule has 0 amide bonds. The van der Waals surface area contributed by atoms with E-state index < -0.39 is 22.4 Å². The molecule has 26 heavy (non-hydrogen) atoms. The predicted molar refractivity (Wildman–Crippen MR) is 89.3 cm³/mol. The van der Waals surface area contributed by atoms with Crippen molar-refractivity contribution in [3.63, 3.8) is 0 Å². The lowest BCUT2D eigenvalue weighted by atomic mass is 10.1. The molecule has 0 bridgehead atoms. The standard InChI is InChI=1S/C16H16F3N5O2/c1-11-20-5-4-15(21-11)23-8-6-22(7-9-23)12-2-3-14(24(25)26)13(10-12)16(17,18)19/h2-5,10H,6-9H2,1H3. The summed E-state index contributed by atoms with van der Waals surface area (Å²) in [6.07, 6.45) is -3.12. The molecule has 1 aliphatic heterocycles. The number of nitro benzene ring substituents is 1. The summed E-state index contributed by atoms with van der Waals surface area (Å²) in [6.45, 7) is 3.91. The number of hydrogen-bond acceptors (Lipinski definition) is 6. The Hall–Kier alpha value is -2.91. The fourth-order valence-corrected chi connectivity index (χ4v) is 2.92. The van der Waals surface area contributed by atoms with Crippen LogP contribution in [0.4, 0.5) is 30.4 Å². The molecule has 138 valence electrons. The van der Waals surface area contributed by atoms with Crippen LogP contribution in [0.15, 0.2) is 30.5 Å². The number of rotatable bonds is 3. The van der Waals surface area contributed by atoms with E-state index >= 15 is 0 Å². The molecule has 1 saturated heterocycles. The number of hydrogen-bond donors (Lipinski definition) is 0. The number of piperazine rings is 1. The van der Waals surface area contributed by atoms with Gasteiger partial charge < -0.3 is 9.80 Å². The van der Waals surface area contributed by atoms with E-state index in [9.17, 15) is 23.3 Å². The van der Waals surface area contributed by atoms with Crippen molar-refractivity contribution in [1.82, 2.24) is 9.97 Å². The van der Waals surface area contributed by atoms with Crippen LogP contribution in [0.25, 0.3) is 0 Å². The SMILES string of the molecule is Cc1nccc(N2CCN(c3ccc([N+](=O)[O-])c(C(F)(F)F)c3)CC2)n1. The number of anilines is 2. The molecule has 0 aliphatic carbocycles. The number of alkyl halides is 3. The number of halogens is 3. The Morgan fingerprint density at radius 2 is 1.77 bits per heavy atom. The molecule has 1 aliphatic rings. The summed E-state index contributed by atoms with van der Waals surface area (Å²) in [4.78, 5) is 22.0. The van der Waals surface area contributed by atoms with Crippen molar-refractivity contribution in [2.24, 2.45) is 0 Å². The smallest absolute Gasteiger partial charge is 0.368 e. The van der Waals surface area contributed by atoms with Crippen LogP contribution in [-0.4, -0.2) is 41.1 Å². The van der Waals surface area contributed by atoms with Crippen molar-refractivity contribution in [3.8, 4) is 0 Å². The first-order valence-electron chi connectivity index (χ1n) is 7.91. The lowest BCUT2D eigenvalue weighted by Gasteiger charge is -2.36. The topological polar surface area (TPSA) is 75.4 Å². The average molecular weight is 367 g/mol. The Kier molecular flexibility index (Phi) is 4.66. The summed E-state index contributed by atoms with van der Waals surface area (Å²) in [6, 6.07) is 4.91. The summed E-state index contributed by atoms with van der Waals surface area (Å²) >= 11 is 0. The third kappa shape index (κ3) is 3.68. The van der Waals surface area contributed by atoms with Gasteiger partial charge in [0.2, 0.25) is 0 Å². The maximum absolute atomic E-state index is 13.1. The Labute approximate surface area is 147 Å². The molecule has 2 heterocycles. The first-order valence-corrected chi connectivity index (χ1v) is 7.91. The molecule has 0 unspecified atom stereocenters. The Morgan fingerprint density at radius 3 is 2.35 bits per heavy atom. The van der Waals surface area contributed by atoms with Crippen LogP contribution in [0.3, 0.4) is 0 Å².